The molecule has 1 saturated heterocycles. The molecule has 4 heterocycles. The van der Waals surface area contributed by atoms with Crippen molar-refractivity contribution in [2.24, 2.45) is 0 Å². The normalized spacial score (nSPS) is 15.7. The highest BCUT2D eigenvalue weighted by Crippen LogP contribution is 2.35. The van der Waals surface area contributed by atoms with Crippen LogP contribution in [0.5, 0.6) is 0 Å². The summed E-state index contributed by atoms with van der Waals surface area (Å²) in [6, 6.07) is 7.21. The largest absolute Gasteiger partial charge is 0.355 e. The Labute approximate surface area is 244 Å². The number of anilines is 1. The topological polar surface area (TPSA) is 130 Å². The van der Waals surface area contributed by atoms with Crippen molar-refractivity contribution in [2.75, 3.05) is 31.6 Å². The zero-order chi connectivity index (χ0) is 30.3. The van der Waals surface area contributed by atoms with Crippen molar-refractivity contribution < 1.29 is 22.0 Å². The van der Waals surface area contributed by atoms with Gasteiger partial charge in [-0.1, -0.05) is 24.2 Å². The predicted molar refractivity (Wildman–Crippen MR) is 153 cm³/mol. The third kappa shape index (κ3) is 5.01. The summed E-state index contributed by atoms with van der Waals surface area (Å²) in [6.45, 7) is 6.09. The number of hydrogen-bond donors (Lipinski definition) is 1. The number of rotatable bonds is 6. The van der Waals surface area contributed by atoms with Crippen LogP contribution >= 0.6 is 11.6 Å². The number of carbonyl (C=O) groups is 1. The lowest BCUT2D eigenvalue weighted by Gasteiger charge is -2.40. The van der Waals surface area contributed by atoms with E-state index in [4.69, 9.17) is 11.6 Å². The summed E-state index contributed by atoms with van der Waals surface area (Å²) >= 11 is 6.23. The maximum absolute atomic E-state index is 15.8. The number of halogens is 3. The molecule has 0 bridgehead atoms. The number of aromatic nitrogens is 4. The molecule has 15 heteroatoms. The first-order valence-corrected chi connectivity index (χ1v) is 14.5. The van der Waals surface area contributed by atoms with Gasteiger partial charge in [0.1, 0.15) is 17.3 Å². The summed E-state index contributed by atoms with van der Waals surface area (Å²) < 4.78 is 59.4. The lowest BCUT2D eigenvalue weighted by molar-refractivity contribution is -0.126. The van der Waals surface area contributed by atoms with Gasteiger partial charge >= 0.3 is 5.69 Å². The van der Waals surface area contributed by atoms with Crippen LogP contribution in [-0.2, 0) is 14.8 Å². The average Bonchev–Trinajstić information content (AvgIpc) is 2.97. The summed E-state index contributed by atoms with van der Waals surface area (Å²) in [4.78, 5) is 41.8. The van der Waals surface area contributed by atoms with Crippen LogP contribution in [0.15, 0.2) is 65.1 Å². The smallest absolute Gasteiger partial charge is 0.350 e. The summed E-state index contributed by atoms with van der Waals surface area (Å²) in [5, 5.41) is -0.595. The zero-order valence-electron chi connectivity index (χ0n) is 22.4. The van der Waals surface area contributed by atoms with E-state index in [1.807, 2.05) is 0 Å². The Bertz CT molecular complexity index is 1900. The minimum absolute atomic E-state index is 0.0373. The SMILES string of the molecule is C=CC(=O)N1CCN(c2nc(=O)n(-c3cccnc3S(=O)(=O)NC)c3nc(-c4c(F)cccc4Cl)c(F)cc23)[C@@H](C)C1. The molecule has 1 amide bonds. The van der Waals surface area contributed by atoms with Gasteiger partial charge in [0.2, 0.25) is 5.91 Å². The third-order valence-corrected chi connectivity index (χ3v) is 8.58. The Morgan fingerprint density at radius 1 is 1.17 bits per heavy atom. The van der Waals surface area contributed by atoms with Gasteiger partial charge in [-0.3, -0.25) is 4.79 Å². The van der Waals surface area contributed by atoms with E-state index in [1.165, 1.54) is 43.6 Å². The molecule has 1 fully saturated rings. The molecule has 1 aliphatic rings. The summed E-state index contributed by atoms with van der Waals surface area (Å²) in [5.74, 6) is -2.01. The molecule has 0 aliphatic carbocycles. The first-order chi connectivity index (χ1) is 20.0. The fourth-order valence-electron chi connectivity index (χ4n) is 4.90. The Balaban J connectivity index is 1.84. The van der Waals surface area contributed by atoms with Crippen LogP contribution in [0.25, 0.3) is 28.0 Å². The molecule has 1 aliphatic heterocycles. The molecule has 0 saturated carbocycles. The predicted octanol–water partition coefficient (Wildman–Crippen LogP) is 2.91. The van der Waals surface area contributed by atoms with Crippen molar-refractivity contribution in [2.45, 2.75) is 18.0 Å². The summed E-state index contributed by atoms with van der Waals surface area (Å²) in [7, 11) is -3.01. The molecular weight excluding hydrogens is 592 g/mol. The number of nitrogens with zero attached hydrogens (tertiary/aromatic N) is 6. The average molecular weight is 616 g/mol. The molecule has 0 spiro atoms. The maximum Gasteiger partial charge on any atom is 0.355 e. The van der Waals surface area contributed by atoms with E-state index in [-0.39, 0.29) is 64.7 Å². The lowest BCUT2D eigenvalue weighted by atomic mass is 10.1. The molecule has 1 atom stereocenters. The number of amides is 1. The van der Waals surface area contributed by atoms with Crippen molar-refractivity contribution in [1.29, 1.82) is 0 Å². The maximum atomic E-state index is 15.8. The van der Waals surface area contributed by atoms with Crippen LogP contribution in [0.2, 0.25) is 5.02 Å². The van der Waals surface area contributed by atoms with Crippen molar-refractivity contribution in [3.05, 3.63) is 82.4 Å². The van der Waals surface area contributed by atoms with Gasteiger partial charge in [0.15, 0.2) is 16.5 Å². The van der Waals surface area contributed by atoms with Crippen molar-refractivity contribution >= 4 is 44.4 Å². The number of benzene rings is 1. The summed E-state index contributed by atoms with van der Waals surface area (Å²) in [5.41, 5.74) is -2.19. The van der Waals surface area contributed by atoms with Crippen molar-refractivity contribution in [3.63, 3.8) is 0 Å². The van der Waals surface area contributed by atoms with Crippen LogP contribution in [0.1, 0.15) is 6.92 Å². The third-order valence-electron chi connectivity index (χ3n) is 6.90. The number of hydrogen-bond acceptors (Lipinski definition) is 8. The molecule has 0 unspecified atom stereocenters. The highest BCUT2D eigenvalue weighted by molar-refractivity contribution is 7.89. The van der Waals surface area contributed by atoms with Gasteiger partial charge in [0.05, 0.1) is 21.7 Å². The Morgan fingerprint density at radius 3 is 2.60 bits per heavy atom. The van der Waals surface area contributed by atoms with E-state index >= 15 is 4.39 Å². The van der Waals surface area contributed by atoms with E-state index in [0.29, 0.717) is 0 Å². The number of pyridine rings is 2. The van der Waals surface area contributed by atoms with E-state index in [2.05, 4.69) is 26.3 Å². The van der Waals surface area contributed by atoms with Crippen LogP contribution in [0, 0.1) is 11.6 Å². The molecule has 4 aromatic rings. The van der Waals surface area contributed by atoms with Gasteiger partial charge in [0, 0.05) is 31.9 Å². The molecule has 42 heavy (non-hydrogen) atoms. The molecular formula is C27H24ClF2N7O4S. The van der Waals surface area contributed by atoms with E-state index in [1.54, 1.807) is 16.7 Å². The van der Waals surface area contributed by atoms with E-state index in [0.717, 1.165) is 16.7 Å². The quantitative estimate of drug-likeness (QED) is 0.328. The number of nitrogens with one attached hydrogen (secondary N) is 1. The first kappa shape index (κ1) is 29.2. The van der Waals surface area contributed by atoms with Gasteiger partial charge < -0.3 is 9.80 Å². The molecule has 218 valence electrons. The van der Waals surface area contributed by atoms with E-state index < -0.39 is 38.1 Å². The van der Waals surface area contributed by atoms with Gasteiger partial charge in [-0.05, 0) is 50.4 Å². The second kappa shape index (κ2) is 11.2. The highest BCUT2D eigenvalue weighted by Gasteiger charge is 2.31. The fraction of sp³-hybridized carbons (Fsp3) is 0.222. The monoisotopic (exact) mass is 615 g/mol. The van der Waals surface area contributed by atoms with Crippen LogP contribution in [-0.4, -0.2) is 71.5 Å². The standard InChI is InChI=1S/C27H24ClF2N7O4S/c1-4-21(38)35-11-12-36(15(2)14-35)24-16-13-19(30)23(22-17(28)7-5-8-18(22)29)33-25(16)37(27(39)34-24)20-9-6-10-32-26(20)42(40,41)31-3/h4-10,13,15,31H,1,11-12,14H2,2-3H3/t15-/m0/s1. The first-order valence-electron chi connectivity index (χ1n) is 12.6. The van der Waals surface area contributed by atoms with E-state index in [9.17, 15) is 22.4 Å². The van der Waals surface area contributed by atoms with Crippen molar-refractivity contribution in [3.8, 4) is 16.9 Å². The van der Waals surface area contributed by atoms with Gasteiger partial charge in [-0.2, -0.15) is 4.98 Å². The second-order valence-corrected chi connectivity index (χ2v) is 11.6. The molecule has 1 N–H and O–H groups in total. The van der Waals surface area contributed by atoms with Gasteiger partial charge in [-0.15, -0.1) is 0 Å². The summed E-state index contributed by atoms with van der Waals surface area (Å²) in [6.07, 6.45) is 2.43. The Kier molecular flexibility index (Phi) is 7.79. The molecule has 1 aromatic carbocycles. The second-order valence-electron chi connectivity index (χ2n) is 9.41. The van der Waals surface area contributed by atoms with Crippen LogP contribution in [0.4, 0.5) is 14.6 Å². The van der Waals surface area contributed by atoms with Gasteiger partial charge in [0.25, 0.3) is 10.0 Å². The highest BCUT2D eigenvalue weighted by atomic mass is 35.5. The van der Waals surface area contributed by atoms with Crippen LogP contribution in [0.3, 0.4) is 0 Å². The minimum Gasteiger partial charge on any atom is -0.350 e. The van der Waals surface area contributed by atoms with Crippen molar-refractivity contribution in [1.82, 2.24) is 29.1 Å². The Hall–Kier alpha value is -4.27. The number of sulfonamides is 1. The minimum atomic E-state index is -4.19. The lowest BCUT2D eigenvalue weighted by Crippen LogP contribution is -2.54. The molecule has 11 nitrogen and oxygen atoms in total. The fourth-order valence-corrected chi connectivity index (χ4v) is 5.98. The van der Waals surface area contributed by atoms with Crippen LogP contribution < -0.4 is 15.3 Å². The molecule has 0 radical (unpaired) electrons. The molecule has 3 aromatic heterocycles. The van der Waals surface area contributed by atoms with Gasteiger partial charge in [-0.25, -0.2) is 41.3 Å². The Morgan fingerprint density at radius 2 is 1.93 bits per heavy atom. The number of piperazine rings is 1. The molecule has 5 rings (SSSR count). The number of carbonyl (C=O) groups excluding carboxylic acids is 1. The zero-order valence-corrected chi connectivity index (χ0v) is 24.0. The number of fused-ring (bicyclic) bond motifs is 1.